The molecule has 7 heteroatoms. The van der Waals surface area contributed by atoms with Crippen molar-refractivity contribution >= 4 is 26.7 Å². The molecule has 0 saturated carbocycles. The van der Waals surface area contributed by atoms with Gasteiger partial charge in [0.05, 0.1) is 17.1 Å². The van der Waals surface area contributed by atoms with Gasteiger partial charge in [-0.3, -0.25) is 9.69 Å². The van der Waals surface area contributed by atoms with Crippen LogP contribution in [0, 0.1) is 11.8 Å². The van der Waals surface area contributed by atoms with Crippen LogP contribution in [0.5, 0.6) is 0 Å². The number of aromatic amines is 1. The van der Waals surface area contributed by atoms with Crippen molar-refractivity contribution in [2.45, 2.75) is 57.3 Å². The van der Waals surface area contributed by atoms with Crippen LogP contribution in [0.15, 0.2) is 29.2 Å². The Kier molecular flexibility index (Phi) is 6.84. The van der Waals surface area contributed by atoms with Gasteiger partial charge < -0.3 is 4.98 Å². The highest BCUT2D eigenvalue weighted by Crippen LogP contribution is 2.31. The van der Waals surface area contributed by atoms with Gasteiger partial charge in [0.2, 0.25) is 10.0 Å². The molecule has 2 aliphatic heterocycles. The van der Waals surface area contributed by atoms with Gasteiger partial charge in [0.15, 0.2) is 5.78 Å². The Hall–Kier alpha value is -1.70. The number of Topliss-reactive ketones (excluding diaryl/α,β-unsaturated/α-hetero) is 1. The second kappa shape index (κ2) is 9.43. The molecule has 0 amide bonds. The fourth-order valence-corrected chi connectivity index (χ4v) is 6.66. The predicted octanol–water partition coefficient (Wildman–Crippen LogP) is 4.28. The fourth-order valence-electron chi connectivity index (χ4n) is 5.04. The zero-order valence-corrected chi connectivity index (χ0v) is 19.6. The molecule has 2 aromatic rings. The molecule has 2 fully saturated rings. The first kappa shape index (κ1) is 22.5. The monoisotopic (exact) mass is 445 g/mol. The molecule has 6 nitrogen and oxygen atoms in total. The van der Waals surface area contributed by atoms with E-state index in [0.29, 0.717) is 42.1 Å². The number of hydrogen-bond donors (Lipinski definition) is 1. The molecule has 31 heavy (non-hydrogen) atoms. The van der Waals surface area contributed by atoms with E-state index < -0.39 is 10.0 Å². The first-order valence-corrected chi connectivity index (χ1v) is 13.2. The maximum Gasteiger partial charge on any atom is 0.243 e. The molecule has 1 aromatic carbocycles. The number of ketones is 1. The number of nitrogens with zero attached hydrogens (tertiary/aromatic N) is 2. The van der Waals surface area contributed by atoms with Crippen LogP contribution < -0.4 is 0 Å². The number of carbonyl (C=O) groups is 1. The van der Waals surface area contributed by atoms with Crippen LogP contribution in [0.1, 0.15) is 62.9 Å². The van der Waals surface area contributed by atoms with E-state index in [1.807, 2.05) is 0 Å². The van der Waals surface area contributed by atoms with Crippen molar-refractivity contribution in [3.8, 4) is 0 Å². The third kappa shape index (κ3) is 4.89. The van der Waals surface area contributed by atoms with Crippen LogP contribution in [0.4, 0.5) is 0 Å². The summed E-state index contributed by atoms with van der Waals surface area (Å²) in [7, 11) is -3.55. The fraction of sp³-hybridized carbons (Fsp3) is 0.625. The highest BCUT2D eigenvalue weighted by Gasteiger charge is 2.33. The smallest absolute Gasteiger partial charge is 0.243 e. The summed E-state index contributed by atoms with van der Waals surface area (Å²) in [5.74, 6) is 0.905. The second-order valence-electron chi connectivity index (χ2n) is 9.30. The van der Waals surface area contributed by atoms with E-state index in [1.54, 1.807) is 28.6 Å². The van der Waals surface area contributed by atoms with Gasteiger partial charge in [-0.15, -0.1) is 0 Å². The molecule has 0 bridgehead atoms. The quantitative estimate of drug-likeness (QED) is 0.646. The largest absolute Gasteiger partial charge is 0.352 e. The molecule has 1 N–H and O–H groups in total. The Morgan fingerprint density at radius 3 is 2.35 bits per heavy atom. The molecule has 4 rings (SSSR count). The SMILES string of the molecule is CCC1CC(CC)CN(S(=O)(=O)c2ccc3[nH]c(C(=O)CN4CCCCC4)cc3c2)C1. The molecule has 2 saturated heterocycles. The number of rotatable bonds is 7. The minimum atomic E-state index is -3.55. The third-order valence-electron chi connectivity index (χ3n) is 7.09. The summed E-state index contributed by atoms with van der Waals surface area (Å²) >= 11 is 0. The summed E-state index contributed by atoms with van der Waals surface area (Å²) in [4.78, 5) is 18.5. The number of sulfonamides is 1. The number of aromatic nitrogens is 1. The number of nitrogens with one attached hydrogen (secondary N) is 1. The second-order valence-corrected chi connectivity index (χ2v) is 11.2. The number of benzene rings is 1. The van der Waals surface area contributed by atoms with Crippen molar-refractivity contribution in [2.75, 3.05) is 32.7 Å². The number of piperidine rings is 2. The van der Waals surface area contributed by atoms with Gasteiger partial charge in [-0.05, 0) is 68.5 Å². The van der Waals surface area contributed by atoms with Crippen LogP contribution >= 0.6 is 0 Å². The molecule has 2 atom stereocenters. The predicted molar refractivity (Wildman–Crippen MR) is 124 cm³/mol. The zero-order chi connectivity index (χ0) is 22.0. The summed E-state index contributed by atoms with van der Waals surface area (Å²) in [5, 5.41) is 0.777. The molecule has 0 aliphatic carbocycles. The van der Waals surface area contributed by atoms with E-state index in [0.717, 1.165) is 56.1 Å². The van der Waals surface area contributed by atoms with E-state index in [-0.39, 0.29) is 5.78 Å². The van der Waals surface area contributed by atoms with Gasteiger partial charge >= 0.3 is 0 Å². The van der Waals surface area contributed by atoms with Crippen LogP contribution in [0.2, 0.25) is 0 Å². The molecule has 1 aromatic heterocycles. The molecule has 170 valence electrons. The van der Waals surface area contributed by atoms with E-state index >= 15 is 0 Å². The number of H-pyrrole nitrogens is 1. The molecule has 2 unspecified atom stereocenters. The first-order valence-electron chi connectivity index (χ1n) is 11.8. The number of hydrogen-bond acceptors (Lipinski definition) is 4. The maximum atomic E-state index is 13.4. The minimum absolute atomic E-state index is 0.0649. The zero-order valence-electron chi connectivity index (χ0n) is 18.8. The Labute approximate surface area is 186 Å². The third-order valence-corrected chi connectivity index (χ3v) is 8.92. The summed E-state index contributed by atoms with van der Waals surface area (Å²) in [5.41, 5.74) is 1.36. The van der Waals surface area contributed by atoms with Crippen molar-refractivity contribution in [1.82, 2.24) is 14.2 Å². The first-order chi connectivity index (χ1) is 14.9. The Morgan fingerprint density at radius 1 is 1.03 bits per heavy atom. The molecule has 3 heterocycles. The lowest BCUT2D eigenvalue weighted by Crippen LogP contribution is -2.43. The topological polar surface area (TPSA) is 73.5 Å². The van der Waals surface area contributed by atoms with Crippen LogP contribution in [0.3, 0.4) is 0 Å². The van der Waals surface area contributed by atoms with Crippen LogP contribution in [-0.4, -0.2) is 61.1 Å². The van der Waals surface area contributed by atoms with Crippen molar-refractivity contribution < 1.29 is 13.2 Å². The Balaban J connectivity index is 1.55. The van der Waals surface area contributed by atoms with E-state index in [1.165, 1.54) is 6.42 Å². The molecular formula is C24H35N3O3S. The summed E-state index contributed by atoms with van der Waals surface area (Å²) in [6, 6.07) is 6.98. The average Bonchev–Trinajstić information content (AvgIpc) is 3.23. The lowest BCUT2D eigenvalue weighted by molar-refractivity contribution is 0.0911. The Bertz CT molecular complexity index is 1010. The number of likely N-dealkylation sites (tertiary alicyclic amines) is 1. The standard InChI is InChI=1S/C24H35N3O3S/c1-3-18-12-19(4-2)16-27(15-18)31(29,30)21-8-9-22-20(13-21)14-23(25-22)24(28)17-26-10-6-5-7-11-26/h8-9,13-14,18-19,25H,3-7,10-12,15-17H2,1-2H3. The van der Waals surface area contributed by atoms with E-state index in [9.17, 15) is 13.2 Å². The molecule has 0 spiro atoms. The lowest BCUT2D eigenvalue weighted by Gasteiger charge is -2.36. The summed E-state index contributed by atoms with van der Waals surface area (Å²) in [6.45, 7) is 7.84. The van der Waals surface area contributed by atoms with Gasteiger partial charge in [0.25, 0.3) is 0 Å². The van der Waals surface area contributed by atoms with Gasteiger partial charge in [0, 0.05) is 24.0 Å². The van der Waals surface area contributed by atoms with Crippen LogP contribution in [-0.2, 0) is 10.0 Å². The van der Waals surface area contributed by atoms with E-state index in [2.05, 4.69) is 23.7 Å². The van der Waals surface area contributed by atoms with Crippen molar-refractivity contribution in [3.05, 3.63) is 30.0 Å². The van der Waals surface area contributed by atoms with Gasteiger partial charge in [-0.2, -0.15) is 4.31 Å². The highest BCUT2D eigenvalue weighted by atomic mass is 32.2. The molecule has 2 aliphatic rings. The van der Waals surface area contributed by atoms with Gasteiger partial charge in [-0.1, -0.05) is 33.1 Å². The van der Waals surface area contributed by atoms with E-state index in [4.69, 9.17) is 0 Å². The maximum absolute atomic E-state index is 13.4. The summed E-state index contributed by atoms with van der Waals surface area (Å²) in [6.07, 6.45) is 6.65. The summed E-state index contributed by atoms with van der Waals surface area (Å²) < 4.78 is 28.5. The average molecular weight is 446 g/mol. The lowest BCUT2D eigenvalue weighted by atomic mass is 9.87. The highest BCUT2D eigenvalue weighted by molar-refractivity contribution is 7.89. The minimum Gasteiger partial charge on any atom is -0.352 e. The number of fused-ring (bicyclic) bond motifs is 1. The number of carbonyl (C=O) groups excluding carboxylic acids is 1. The van der Waals surface area contributed by atoms with Crippen molar-refractivity contribution in [3.63, 3.8) is 0 Å². The molecular weight excluding hydrogens is 410 g/mol. The van der Waals surface area contributed by atoms with Crippen molar-refractivity contribution in [1.29, 1.82) is 0 Å². The van der Waals surface area contributed by atoms with Crippen LogP contribution in [0.25, 0.3) is 10.9 Å². The van der Waals surface area contributed by atoms with Crippen molar-refractivity contribution in [2.24, 2.45) is 11.8 Å². The van der Waals surface area contributed by atoms with Gasteiger partial charge in [0.1, 0.15) is 0 Å². The van der Waals surface area contributed by atoms with Gasteiger partial charge in [-0.25, -0.2) is 8.42 Å². The Morgan fingerprint density at radius 2 is 1.71 bits per heavy atom. The normalized spacial score (nSPS) is 23.9. The molecule has 0 radical (unpaired) electrons.